The van der Waals surface area contributed by atoms with Gasteiger partial charge in [0.1, 0.15) is 45.7 Å². The third-order valence-corrected chi connectivity index (χ3v) is 10.5. The summed E-state index contributed by atoms with van der Waals surface area (Å²) >= 11 is 13.6. The molecule has 2 aliphatic rings. The monoisotopic (exact) mass is 910 g/mol. The number of alkyl halides is 3. The summed E-state index contributed by atoms with van der Waals surface area (Å²) in [5, 5.41) is 23.5. The molecular formula is C38H40Cl2F4N10O8. The number of nitrogens with zero attached hydrogens (tertiary/aromatic N) is 9. The molecule has 62 heavy (non-hydrogen) atoms. The number of piperidine rings is 1. The van der Waals surface area contributed by atoms with Gasteiger partial charge in [-0.05, 0) is 53.1 Å². The van der Waals surface area contributed by atoms with E-state index >= 15 is 0 Å². The van der Waals surface area contributed by atoms with Crippen LogP contribution in [-0.4, -0.2) is 112 Å². The summed E-state index contributed by atoms with van der Waals surface area (Å²) in [5.74, 6) is -2.67. The minimum Gasteiger partial charge on any atom is -0.542 e. The number of hydrogen-bond acceptors (Lipinski definition) is 12. The molecule has 1 fully saturated rings. The fourth-order valence-corrected chi connectivity index (χ4v) is 7.35. The third-order valence-electron chi connectivity index (χ3n) is 9.78. The molecular weight excluding hydrogens is 871 g/mol. The molecule has 0 spiro atoms. The molecule has 1 saturated heterocycles. The maximum atomic E-state index is 14.6. The topological polar surface area (TPSA) is 201 Å². The molecule has 2 aliphatic heterocycles. The lowest BCUT2D eigenvalue weighted by atomic mass is 10.0. The highest BCUT2D eigenvalue weighted by Gasteiger charge is 2.41. The Balaban J connectivity index is 0.000000955. The molecule has 0 unspecified atom stereocenters. The first-order valence-electron chi connectivity index (χ1n) is 18.4. The van der Waals surface area contributed by atoms with Crippen LogP contribution in [0.15, 0.2) is 55.0 Å². The molecule has 0 aliphatic carbocycles. The molecule has 3 amide bonds. The van der Waals surface area contributed by atoms with Gasteiger partial charge in [-0.15, -0.1) is 0 Å². The van der Waals surface area contributed by atoms with Crippen LogP contribution in [0.3, 0.4) is 0 Å². The van der Waals surface area contributed by atoms with Gasteiger partial charge in [0.25, 0.3) is 0 Å². The van der Waals surface area contributed by atoms with Gasteiger partial charge < -0.3 is 48.8 Å². The number of nitrogens with one attached hydrogen (secondary N) is 1. The number of ether oxygens (including phenoxy) is 2. The van der Waals surface area contributed by atoms with Gasteiger partial charge >= 0.3 is 18.0 Å². The van der Waals surface area contributed by atoms with E-state index in [2.05, 4.69) is 15.3 Å². The van der Waals surface area contributed by atoms with Crippen LogP contribution < -0.4 is 29.7 Å². The van der Waals surface area contributed by atoms with Gasteiger partial charge in [-0.3, -0.25) is 14.6 Å². The number of hydrogen-bond donors (Lipinski definition) is 1. The molecule has 18 nitrogen and oxygen atoms in total. The van der Waals surface area contributed by atoms with Gasteiger partial charge in [-0.2, -0.15) is 18.2 Å². The number of nitro groups is 1. The quantitative estimate of drug-likeness (QED) is 0.0626. The number of carbonyl (C=O) groups is 3. The number of quaternary nitrogens is 1. The fraction of sp³-hybridized carbons (Fsp3) is 0.368. The van der Waals surface area contributed by atoms with E-state index in [1.54, 1.807) is 51.9 Å². The summed E-state index contributed by atoms with van der Waals surface area (Å²) in [6.45, 7) is 1.51. The van der Waals surface area contributed by atoms with E-state index in [-0.39, 0.29) is 57.5 Å². The van der Waals surface area contributed by atoms with Crippen LogP contribution in [0.1, 0.15) is 24.1 Å². The lowest BCUT2D eigenvalue weighted by Crippen LogP contribution is -2.55. The van der Waals surface area contributed by atoms with Gasteiger partial charge in [0.15, 0.2) is 5.69 Å². The second-order valence-electron chi connectivity index (χ2n) is 14.6. The van der Waals surface area contributed by atoms with Crippen molar-refractivity contribution in [2.24, 2.45) is 7.05 Å². The number of benzene rings is 2. The number of aryl methyl sites for hydroxylation is 1. The van der Waals surface area contributed by atoms with E-state index in [0.29, 0.717) is 66.3 Å². The zero-order chi connectivity index (χ0) is 45.7. The number of rotatable bonds is 12. The van der Waals surface area contributed by atoms with Crippen molar-refractivity contribution in [3.05, 3.63) is 92.2 Å². The van der Waals surface area contributed by atoms with Crippen molar-refractivity contribution in [3.8, 4) is 11.5 Å². The summed E-state index contributed by atoms with van der Waals surface area (Å²) in [5.41, 5.74) is 1.85. The van der Waals surface area contributed by atoms with E-state index in [0.717, 1.165) is 0 Å². The average molecular weight is 912 g/mol. The van der Waals surface area contributed by atoms with Crippen molar-refractivity contribution < 1.29 is 55.9 Å². The molecule has 0 saturated carbocycles. The van der Waals surface area contributed by atoms with E-state index < -0.39 is 28.9 Å². The van der Waals surface area contributed by atoms with Crippen LogP contribution in [0.5, 0.6) is 11.5 Å². The Morgan fingerprint density at radius 2 is 1.66 bits per heavy atom. The highest BCUT2D eigenvalue weighted by atomic mass is 35.5. The van der Waals surface area contributed by atoms with Crippen molar-refractivity contribution in [3.63, 3.8) is 0 Å². The molecule has 2 aromatic carbocycles. The average Bonchev–Trinajstić information content (AvgIpc) is 3.57. The number of imidazole rings is 1. The highest BCUT2D eigenvalue weighted by Crippen LogP contribution is 2.48. The number of amides is 3. The largest absolute Gasteiger partial charge is 0.542 e. The van der Waals surface area contributed by atoms with Gasteiger partial charge in [-0.25, -0.2) is 14.2 Å². The van der Waals surface area contributed by atoms with Crippen molar-refractivity contribution in [1.82, 2.24) is 24.4 Å². The predicted octanol–water partition coefficient (Wildman–Crippen LogP) is 5.39. The molecule has 6 rings (SSSR count). The number of likely N-dealkylation sites (N-methyl/N-ethyl adjacent to an activating group) is 1. The van der Waals surface area contributed by atoms with E-state index in [4.69, 9.17) is 47.6 Å². The first-order chi connectivity index (χ1) is 29.1. The Labute approximate surface area is 361 Å². The van der Waals surface area contributed by atoms with Crippen LogP contribution >= 0.6 is 23.2 Å². The number of anilines is 4. The number of fused-ring (bicyclic) bond motifs is 1. The summed E-state index contributed by atoms with van der Waals surface area (Å²) in [4.78, 5) is 65.6. The number of carbonyl (C=O) groups excluding carboxylic acids is 3. The minimum absolute atomic E-state index is 0.0299. The lowest BCUT2D eigenvalue weighted by Gasteiger charge is -2.43. The Bertz CT molecular complexity index is 2330. The van der Waals surface area contributed by atoms with Crippen LogP contribution in [-0.2, 0) is 29.7 Å². The van der Waals surface area contributed by atoms with Crippen molar-refractivity contribution >= 4 is 70.1 Å². The summed E-state index contributed by atoms with van der Waals surface area (Å²) < 4.78 is 58.1. The predicted molar refractivity (Wildman–Crippen MR) is 216 cm³/mol. The Hall–Kier alpha value is -6.26. The SMILES string of the molecule is COc1cc(OC)c(Cl)c(N2Cc3cnc(Nc4ccc(F)cc4)nc3N(C3CCN(C(=O)/C=C/C[N+](C)(C)Cc4c([N+](=O)[O-])ncn4C)CC3)C2=O)c1Cl.O=C([O-])C(F)(F)F. The zero-order valence-electron chi connectivity index (χ0n) is 33.8. The van der Waals surface area contributed by atoms with E-state index in [1.807, 2.05) is 14.1 Å². The van der Waals surface area contributed by atoms with Crippen LogP contribution in [0.2, 0.25) is 10.0 Å². The second-order valence-corrected chi connectivity index (χ2v) is 15.3. The molecule has 0 bridgehead atoms. The Morgan fingerprint density at radius 3 is 2.21 bits per heavy atom. The minimum atomic E-state index is -5.19. The number of likely N-dealkylation sites (tertiary alicyclic amines) is 1. The standard InChI is InChI=1S/C36H40Cl2FN10O6.C2HF3O2/c1-44-21-41-34(48(52)53)26(44)20-49(2,3)16-6-7-29(50)45-14-12-25(13-15-45)47-33-22(18-40-35(43-33)42-24-10-8-23(39)9-11-24)19-46(36(47)51)32-30(37)27(54-4)17-28(55-5)31(32)38;3-2(4,5)1(6)7/h6-11,17-18,21,25H,12-16,19-20H2,1-5H3,(H,40,42,43);(H,6,7)/q+1;/p-1/b7-6+;. The van der Waals surface area contributed by atoms with Crippen LogP contribution in [0.4, 0.5) is 51.3 Å². The number of aromatic nitrogens is 4. The first-order valence-corrected chi connectivity index (χ1v) is 19.2. The van der Waals surface area contributed by atoms with Crippen LogP contribution in [0.25, 0.3) is 0 Å². The van der Waals surface area contributed by atoms with Crippen molar-refractivity contribution in [2.45, 2.75) is 38.1 Å². The highest BCUT2D eigenvalue weighted by molar-refractivity contribution is 6.42. The maximum absolute atomic E-state index is 14.6. The van der Waals surface area contributed by atoms with E-state index in [9.17, 15) is 37.3 Å². The molecule has 332 valence electrons. The first kappa shape index (κ1) is 46.8. The molecule has 1 N–H and O–H groups in total. The fourth-order valence-electron chi connectivity index (χ4n) is 6.65. The second kappa shape index (κ2) is 19.2. The zero-order valence-corrected chi connectivity index (χ0v) is 35.3. The number of carboxylic acids is 1. The summed E-state index contributed by atoms with van der Waals surface area (Å²) in [6, 6.07) is 6.44. The number of carboxylic acid groups (broad SMARTS) is 1. The number of methoxy groups -OCH3 is 2. The Morgan fingerprint density at radius 1 is 1.06 bits per heavy atom. The molecule has 4 aromatic rings. The summed E-state index contributed by atoms with van der Waals surface area (Å²) in [6.07, 6.45) is 1.97. The van der Waals surface area contributed by atoms with Crippen LogP contribution in [0, 0.1) is 15.9 Å². The molecule has 4 heterocycles. The van der Waals surface area contributed by atoms with Crippen molar-refractivity contribution in [1.29, 1.82) is 0 Å². The van der Waals surface area contributed by atoms with Gasteiger partial charge in [0.05, 0.1) is 47.1 Å². The smallest absolute Gasteiger partial charge is 0.430 e. The van der Waals surface area contributed by atoms with Crippen molar-refractivity contribution in [2.75, 3.05) is 63.1 Å². The van der Waals surface area contributed by atoms with Gasteiger partial charge in [-0.1, -0.05) is 23.2 Å². The number of urea groups is 1. The van der Waals surface area contributed by atoms with E-state index in [1.165, 1.54) is 43.7 Å². The Kier molecular flexibility index (Phi) is 14.5. The lowest BCUT2D eigenvalue weighted by molar-refractivity contribution is -0.898. The molecule has 24 heteroatoms. The molecule has 2 aromatic heterocycles. The molecule has 0 atom stereocenters. The molecule has 0 radical (unpaired) electrons. The van der Waals surface area contributed by atoms with Gasteiger partial charge in [0.2, 0.25) is 18.2 Å². The number of halogens is 6. The maximum Gasteiger partial charge on any atom is 0.430 e. The number of aliphatic carboxylic acids is 1. The van der Waals surface area contributed by atoms with Gasteiger partial charge in [0, 0.05) is 55.8 Å². The summed E-state index contributed by atoms with van der Waals surface area (Å²) in [7, 11) is 8.44. The normalized spacial score (nSPS) is 14.6. The third kappa shape index (κ3) is 10.8.